The number of halogens is 1. The Morgan fingerprint density at radius 3 is 3.19 bits per heavy atom. The molecule has 5 nitrogen and oxygen atoms in total. The van der Waals surface area contributed by atoms with Crippen LogP contribution in [-0.4, -0.2) is 41.0 Å². The predicted molar refractivity (Wildman–Crippen MR) is 84.7 cm³/mol. The molecule has 1 aromatic heterocycles. The van der Waals surface area contributed by atoms with Crippen LogP contribution in [0.1, 0.15) is 18.7 Å². The van der Waals surface area contributed by atoms with Crippen LogP contribution in [0.2, 0.25) is 5.02 Å². The van der Waals surface area contributed by atoms with E-state index in [1.54, 1.807) is 18.2 Å². The monoisotopic (exact) mass is 306 g/mol. The van der Waals surface area contributed by atoms with Gasteiger partial charge in [0.25, 0.3) is 5.56 Å². The molecule has 3 rings (SSSR count). The fourth-order valence-electron chi connectivity index (χ4n) is 2.88. The lowest BCUT2D eigenvalue weighted by molar-refractivity contribution is 0.184. The predicted octanol–water partition coefficient (Wildman–Crippen LogP) is 1.76. The number of fused-ring (bicyclic) bond motifs is 1. The fraction of sp³-hybridized carbons (Fsp3) is 0.467. The zero-order chi connectivity index (χ0) is 14.8. The number of likely N-dealkylation sites (N-methyl/N-ethyl adjacent to an activating group) is 1. The zero-order valence-corrected chi connectivity index (χ0v) is 12.8. The normalized spacial score (nSPS) is 20.0. The van der Waals surface area contributed by atoms with Gasteiger partial charge in [-0.1, -0.05) is 11.6 Å². The first-order chi connectivity index (χ1) is 10.2. The summed E-state index contributed by atoms with van der Waals surface area (Å²) >= 11 is 5.92. The zero-order valence-electron chi connectivity index (χ0n) is 12.0. The molecule has 0 saturated carbocycles. The molecule has 0 radical (unpaired) electrons. The highest BCUT2D eigenvalue weighted by atomic mass is 35.5. The Bertz CT molecular complexity index is 700. The van der Waals surface area contributed by atoms with Crippen molar-refractivity contribution in [2.24, 2.45) is 0 Å². The molecule has 0 bridgehead atoms. The number of nitrogens with one attached hydrogen (secondary N) is 2. The molecule has 2 N–H and O–H groups in total. The van der Waals surface area contributed by atoms with Crippen molar-refractivity contribution in [3.05, 3.63) is 39.4 Å². The number of rotatable bonds is 3. The van der Waals surface area contributed by atoms with Crippen molar-refractivity contribution in [3.8, 4) is 0 Å². The molecule has 2 heterocycles. The molecule has 1 atom stereocenters. The van der Waals surface area contributed by atoms with Gasteiger partial charge in [0, 0.05) is 17.6 Å². The summed E-state index contributed by atoms with van der Waals surface area (Å²) in [5.74, 6) is 0.714. The van der Waals surface area contributed by atoms with Crippen molar-refractivity contribution in [2.45, 2.75) is 25.4 Å². The number of nitrogens with zero attached hydrogens (tertiary/aromatic N) is 2. The highest BCUT2D eigenvalue weighted by Crippen LogP contribution is 2.16. The van der Waals surface area contributed by atoms with E-state index in [1.807, 2.05) is 7.05 Å². The van der Waals surface area contributed by atoms with E-state index in [-0.39, 0.29) is 5.56 Å². The van der Waals surface area contributed by atoms with Crippen LogP contribution >= 0.6 is 11.6 Å². The fourth-order valence-corrected chi connectivity index (χ4v) is 3.05. The van der Waals surface area contributed by atoms with E-state index in [4.69, 9.17) is 11.6 Å². The molecule has 2 aromatic rings. The van der Waals surface area contributed by atoms with Gasteiger partial charge in [0.05, 0.1) is 17.4 Å². The van der Waals surface area contributed by atoms with Gasteiger partial charge in [0.2, 0.25) is 0 Å². The number of H-pyrrole nitrogens is 1. The van der Waals surface area contributed by atoms with Gasteiger partial charge < -0.3 is 10.3 Å². The molecule has 6 heteroatoms. The lowest BCUT2D eigenvalue weighted by atomic mass is 10.1. The minimum absolute atomic E-state index is 0.125. The van der Waals surface area contributed by atoms with Gasteiger partial charge in [-0.05, 0) is 44.6 Å². The average Bonchev–Trinajstić information content (AvgIpc) is 2.48. The summed E-state index contributed by atoms with van der Waals surface area (Å²) in [6.07, 6.45) is 2.37. The topological polar surface area (TPSA) is 61.0 Å². The summed E-state index contributed by atoms with van der Waals surface area (Å²) in [5.41, 5.74) is 0.569. The number of hydrogen-bond acceptors (Lipinski definition) is 4. The van der Waals surface area contributed by atoms with Gasteiger partial charge in [-0.3, -0.25) is 9.69 Å². The summed E-state index contributed by atoms with van der Waals surface area (Å²) in [6, 6.07) is 5.73. The van der Waals surface area contributed by atoms with Crippen LogP contribution in [0.3, 0.4) is 0 Å². The van der Waals surface area contributed by atoms with E-state index in [1.165, 1.54) is 12.8 Å². The third-order valence-corrected chi connectivity index (χ3v) is 4.24. The molecule has 1 aliphatic heterocycles. The first-order valence-corrected chi connectivity index (χ1v) is 7.61. The second-order valence-corrected chi connectivity index (χ2v) is 5.97. The van der Waals surface area contributed by atoms with E-state index in [0.717, 1.165) is 13.1 Å². The summed E-state index contributed by atoms with van der Waals surface area (Å²) < 4.78 is 0. The second-order valence-electron chi connectivity index (χ2n) is 5.54. The SMILES string of the molecule is CNC1CCCN(Cc2nc3ccc(Cl)cc3c(=O)[nH]2)C1. The Morgan fingerprint density at radius 1 is 1.52 bits per heavy atom. The van der Waals surface area contributed by atoms with Gasteiger partial charge in [-0.25, -0.2) is 4.98 Å². The molecular weight excluding hydrogens is 288 g/mol. The van der Waals surface area contributed by atoms with Crippen LogP contribution in [0.25, 0.3) is 10.9 Å². The highest BCUT2D eigenvalue weighted by Gasteiger charge is 2.19. The number of aromatic amines is 1. The number of likely N-dealkylation sites (tertiary alicyclic amines) is 1. The second kappa shape index (κ2) is 6.13. The maximum atomic E-state index is 12.1. The van der Waals surface area contributed by atoms with Crippen LogP contribution in [0.5, 0.6) is 0 Å². The van der Waals surface area contributed by atoms with Crippen molar-refractivity contribution in [2.75, 3.05) is 20.1 Å². The highest BCUT2D eigenvalue weighted by molar-refractivity contribution is 6.31. The third kappa shape index (κ3) is 3.26. The number of piperidine rings is 1. The van der Waals surface area contributed by atoms with Gasteiger partial charge in [-0.2, -0.15) is 0 Å². The van der Waals surface area contributed by atoms with Gasteiger partial charge in [0.1, 0.15) is 5.82 Å². The number of aromatic nitrogens is 2. The van der Waals surface area contributed by atoms with Crippen LogP contribution in [0.4, 0.5) is 0 Å². The Hall–Kier alpha value is -1.43. The standard InChI is InChI=1S/C15H19ClN4O/c1-17-11-3-2-6-20(8-11)9-14-18-13-5-4-10(16)7-12(13)15(21)19-14/h4-5,7,11,17H,2-3,6,8-9H2,1H3,(H,18,19,21). The Balaban J connectivity index is 1.84. The lowest BCUT2D eigenvalue weighted by Gasteiger charge is -2.32. The van der Waals surface area contributed by atoms with Crippen molar-refractivity contribution < 1.29 is 0 Å². The van der Waals surface area contributed by atoms with E-state index in [2.05, 4.69) is 20.2 Å². The van der Waals surface area contributed by atoms with E-state index in [9.17, 15) is 4.79 Å². The van der Waals surface area contributed by atoms with Crippen molar-refractivity contribution in [1.29, 1.82) is 0 Å². The largest absolute Gasteiger partial charge is 0.316 e. The number of benzene rings is 1. The van der Waals surface area contributed by atoms with Crippen LogP contribution in [0, 0.1) is 0 Å². The maximum Gasteiger partial charge on any atom is 0.258 e. The average molecular weight is 307 g/mol. The Morgan fingerprint density at radius 2 is 2.38 bits per heavy atom. The third-order valence-electron chi connectivity index (χ3n) is 4.00. The van der Waals surface area contributed by atoms with Gasteiger partial charge >= 0.3 is 0 Å². The lowest BCUT2D eigenvalue weighted by Crippen LogP contribution is -2.44. The van der Waals surface area contributed by atoms with E-state index in [0.29, 0.717) is 34.3 Å². The van der Waals surface area contributed by atoms with Crippen LogP contribution in [-0.2, 0) is 6.54 Å². The first kappa shape index (κ1) is 14.5. The summed E-state index contributed by atoms with van der Waals surface area (Å²) in [4.78, 5) is 21.9. The molecule has 21 heavy (non-hydrogen) atoms. The number of hydrogen-bond donors (Lipinski definition) is 2. The molecule has 112 valence electrons. The smallest absolute Gasteiger partial charge is 0.258 e. The molecule has 1 aliphatic rings. The summed E-state index contributed by atoms with van der Waals surface area (Å²) in [7, 11) is 1.99. The van der Waals surface area contributed by atoms with E-state index >= 15 is 0 Å². The molecule has 0 aliphatic carbocycles. The molecule has 1 fully saturated rings. The Labute approximate surface area is 128 Å². The van der Waals surface area contributed by atoms with Crippen LogP contribution < -0.4 is 10.9 Å². The van der Waals surface area contributed by atoms with Gasteiger partial charge in [-0.15, -0.1) is 0 Å². The van der Waals surface area contributed by atoms with Gasteiger partial charge in [0.15, 0.2) is 0 Å². The molecular formula is C15H19ClN4O. The molecule has 0 spiro atoms. The van der Waals surface area contributed by atoms with Crippen molar-refractivity contribution in [3.63, 3.8) is 0 Å². The molecule has 1 saturated heterocycles. The first-order valence-electron chi connectivity index (χ1n) is 7.24. The Kier molecular flexibility index (Phi) is 4.24. The quantitative estimate of drug-likeness (QED) is 0.907. The molecule has 0 amide bonds. The molecule has 1 unspecified atom stereocenters. The minimum atomic E-state index is -0.125. The van der Waals surface area contributed by atoms with E-state index < -0.39 is 0 Å². The minimum Gasteiger partial charge on any atom is -0.316 e. The maximum absolute atomic E-state index is 12.1. The van der Waals surface area contributed by atoms with Crippen molar-refractivity contribution in [1.82, 2.24) is 20.2 Å². The van der Waals surface area contributed by atoms with Crippen molar-refractivity contribution >= 4 is 22.5 Å². The summed E-state index contributed by atoms with van der Waals surface area (Å²) in [5, 5.41) is 4.41. The molecule has 1 aromatic carbocycles. The summed E-state index contributed by atoms with van der Waals surface area (Å²) in [6.45, 7) is 2.70. The van der Waals surface area contributed by atoms with Crippen LogP contribution in [0.15, 0.2) is 23.0 Å².